The van der Waals surface area contributed by atoms with Crippen LogP contribution in [0.4, 0.5) is 0 Å². The second-order valence-electron chi connectivity index (χ2n) is 5.11. The summed E-state index contributed by atoms with van der Waals surface area (Å²) in [6, 6.07) is 10.3. The Morgan fingerprint density at radius 3 is 2.50 bits per heavy atom. The van der Waals surface area contributed by atoms with Gasteiger partial charge in [0.25, 0.3) is 0 Å². The lowest BCUT2D eigenvalue weighted by atomic mass is 10.1. The predicted molar refractivity (Wildman–Crippen MR) is 77.7 cm³/mol. The smallest absolute Gasteiger partial charge is 0.179 e. The number of benzene rings is 2. The molecule has 5 heteroatoms. The van der Waals surface area contributed by atoms with Gasteiger partial charge in [-0.05, 0) is 42.5 Å². The molecule has 0 radical (unpaired) electrons. The Hall–Kier alpha value is -3.18. The minimum Gasteiger partial charge on any atom is -0.504 e. The van der Waals surface area contributed by atoms with E-state index < -0.39 is 11.5 Å². The van der Waals surface area contributed by atoms with E-state index in [1.54, 1.807) is 12.1 Å². The zero-order chi connectivity index (χ0) is 15.7. The van der Waals surface area contributed by atoms with E-state index in [2.05, 4.69) is 0 Å². The molecule has 2 aromatic rings. The molecule has 0 amide bonds. The molecular weight excluding hydrogens is 280 g/mol. The average molecular weight is 292 g/mol. The number of hydrogen-bond acceptors (Lipinski definition) is 5. The number of ether oxygens (including phenoxy) is 1. The van der Waals surface area contributed by atoms with Crippen molar-refractivity contribution in [2.75, 3.05) is 0 Å². The topological polar surface area (TPSA) is 97.3 Å². The van der Waals surface area contributed by atoms with Crippen LogP contribution in [0.2, 0.25) is 0 Å². The van der Waals surface area contributed by atoms with Crippen molar-refractivity contribution in [1.82, 2.24) is 0 Å². The highest BCUT2D eigenvalue weighted by atomic mass is 16.5. The average Bonchev–Trinajstić information content (AvgIpc) is 2.98. The molecule has 0 fully saturated rings. The van der Waals surface area contributed by atoms with Crippen LogP contribution in [0, 0.1) is 22.7 Å². The number of rotatable bonds is 2. The van der Waals surface area contributed by atoms with Crippen LogP contribution in [0.15, 0.2) is 24.3 Å². The standard InChI is InChI=1S/C17H12N2O3/c18-8-12-7-15(20)16(21)14(9-19)17(12)22-13-5-4-10-2-1-3-11(10)6-13/h4-7,20-21H,1-3H2. The second-order valence-corrected chi connectivity index (χ2v) is 5.11. The van der Waals surface area contributed by atoms with Gasteiger partial charge in [-0.1, -0.05) is 6.07 Å². The highest BCUT2D eigenvalue weighted by molar-refractivity contribution is 5.66. The van der Waals surface area contributed by atoms with Crippen LogP contribution < -0.4 is 4.74 Å². The first kappa shape index (κ1) is 13.8. The number of phenolic OH excluding ortho intramolecular Hbond substituents is 2. The fraction of sp³-hybridized carbons (Fsp3) is 0.176. The van der Waals surface area contributed by atoms with Crippen LogP contribution in [-0.4, -0.2) is 10.2 Å². The number of nitriles is 2. The Balaban J connectivity index is 2.07. The summed E-state index contributed by atoms with van der Waals surface area (Å²) < 4.78 is 5.67. The van der Waals surface area contributed by atoms with E-state index in [1.165, 1.54) is 11.1 Å². The summed E-state index contributed by atoms with van der Waals surface area (Å²) in [6.07, 6.45) is 3.12. The normalized spacial score (nSPS) is 12.3. The summed E-state index contributed by atoms with van der Waals surface area (Å²) in [5.74, 6) is -0.649. The molecule has 0 saturated carbocycles. The van der Waals surface area contributed by atoms with E-state index in [9.17, 15) is 10.2 Å². The van der Waals surface area contributed by atoms with Gasteiger partial charge in [-0.15, -0.1) is 0 Å². The van der Waals surface area contributed by atoms with E-state index >= 15 is 0 Å². The van der Waals surface area contributed by atoms with Gasteiger partial charge in [0.1, 0.15) is 23.5 Å². The first-order valence-electron chi connectivity index (χ1n) is 6.83. The van der Waals surface area contributed by atoms with Crippen molar-refractivity contribution in [3.05, 3.63) is 46.5 Å². The van der Waals surface area contributed by atoms with E-state index in [0.717, 1.165) is 25.3 Å². The number of nitrogens with zero attached hydrogens (tertiary/aromatic N) is 2. The molecule has 3 rings (SSSR count). The summed E-state index contributed by atoms with van der Waals surface area (Å²) >= 11 is 0. The largest absolute Gasteiger partial charge is 0.504 e. The van der Waals surface area contributed by atoms with Crippen molar-refractivity contribution in [1.29, 1.82) is 10.5 Å². The quantitative estimate of drug-likeness (QED) is 0.829. The second kappa shape index (κ2) is 5.31. The molecule has 1 aliphatic carbocycles. The summed E-state index contributed by atoms with van der Waals surface area (Å²) in [5, 5.41) is 37.6. The highest BCUT2D eigenvalue weighted by Crippen LogP contribution is 2.40. The molecule has 0 spiro atoms. The molecule has 0 heterocycles. The highest BCUT2D eigenvalue weighted by Gasteiger charge is 2.20. The molecule has 5 nitrogen and oxygen atoms in total. The number of aromatic hydroxyl groups is 2. The maximum absolute atomic E-state index is 9.77. The van der Waals surface area contributed by atoms with Gasteiger partial charge >= 0.3 is 0 Å². The zero-order valence-electron chi connectivity index (χ0n) is 11.6. The number of aryl methyl sites for hydroxylation is 2. The predicted octanol–water partition coefficient (Wildman–Crippen LogP) is 3.12. The zero-order valence-corrected chi connectivity index (χ0v) is 11.6. The molecule has 2 N–H and O–H groups in total. The first-order chi connectivity index (χ1) is 10.6. The lowest BCUT2D eigenvalue weighted by molar-refractivity contribution is 0.395. The van der Waals surface area contributed by atoms with Gasteiger partial charge in [0.15, 0.2) is 17.2 Å². The van der Waals surface area contributed by atoms with Crippen LogP contribution in [0.1, 0.15) is 28.7 Å². The van der Waals surface area contributed by atoms with Crippen molar-refractivity contribution in [2.24, 2.45) is 0 Å². The van der Waals surface area contributed by atoms with E-state index in [-0.39, 0.29) is 16.9 Å². The molecule has 108 valence electrons. The van der Waals surface area contributed by atoms with Crippen molar-refractivity contribution in [3.63, 3.8) is 0 Å². The minimum absolute atomic E-state index is 0.00708. The fourth-order valence-corrected chi connectivity index (χ4v) is 2.66. The Bertz CT molecular complexity index is 844. The third-order valence-electron chi connectivity index (χ3n) is 3.75. The van der Waals surface area contributed by atoms with Crippen LogP contribution in [-0.2, 0) is 12.8 Å². The van der Waals surface area contributed by atoms with Crippen LogP contribution in [0.25, 0.3) is 0 Å². The maximum Gasteiger partial charge on any atom is 0.179 e. The van der Waals surface area contributed by atoms with Crippen LogP contribution in [0.3, 0.4) is 0 Å². The SMILES string of the molecule is N#Cc1cc(O)c(O)c(C#N)c1Oc1ccc2c(c1)CCC2. The van der Waals surface area contributed by atoms with Gasteiger partial charge in [-0.25, -0.2) is 0 Å². The Labute approximate surface area is 127 Å². The lowest BCUT2D eigenvalue weighted by Gasteiger charge is -2.12. The molecule has 0 aromatic heterocycles. The monoisotopic (exact) mass is 292 g/mol. The maximum atomic E-state index is 9.77. The summed E-state index contributed by atoms with van der Waals surface area (Å²) in [4.78, 5) is 0. The molecule has 0 aliphatic heterocycles. The molecule has 0 unspecified atom stereocenters. The van der Waals surface area contributed by atoms with Crippen molar-refractivity contribution in [2.45, 2.75) is 19.3 Å². The third kappa shape index (κ3) is 2.19. The number of fused-ring (bicyclic) bond motifs is 1. The molecule has 1 aliphatic rings. The van der Waals surface area contributed by atoms with Gasteiger partial charge in [0.05, 0.1) is 5.56 Å². The lowest BCUT2D eigenvalue weighted by Crippen LogP contribution is -1.94. The van der Waals surface area contributed by atoms with E-state index in [4.69, 9.17) is 15.3 Å². The molecule has 0 saturated heterocycles. The van der Waals surface area contributed by atoms with Gasteiger partial charge in [-0.3, -0.25) is 0 Å². The molecular formula is C17H12N2O3. The summed E-state index contributed by atoms with van der Waals surface area (Å²) in [6.45, 7) is 0. The molecule has 22 heavy (non-hydrogen) atoms. The van der Waals surface area contributed by atoms with Gasteiger partial charge in [0, 0.05) is 6.07 Å². The van der Waals surface area contributed by atoms with Crippen molar-refractivity contribution in [3.8, 4) is 35.1 Å². The van der Waals surface area contributed by atoms with Crippen LogP contribution >= 0.6 is 0 Å². The van der Waals surface area contributed by atoms with Crippen LogP contribution in [0.5, 0.6) is 23.0 Å². The number of phenols is 2. The Kier molecular flexibility index (Phi) is 3.33. The number of hydrogen-bond donors (Lipinski definition) is 2. The summed E-state index contributed by atoms with van der Waals surface area (Å²) in [7, 11) is 0. The molecule has 0 atom stereocenters. The molecule has 2 aromatic carbocycles. The van der Waals surface area contributed by atoms with Gasteiger partial charge in [0.2, 0.25) is 0 Å². The van der Waals surface area contributed by atoms with Crippen molar-refractivity contribution < 1.29 is 14.9 Å². The minimum atomic E-state index is -0.585. The van der Waals surface area contributed by atoms with E-state index in [1.807, 2.05) is 18.2 Å². The van der Waals surface area contributed by atoms with Gasteiger partial charge in [-0.2, -0.15) is 10.5 Å². The first-order valence-corrected chi connectivity index (χ1v) is 6.83. The van der Waals surface area contributed by atoms with Gasteiger partial charge < -0.3 is 14.9 Å². The Morgan fingerprint density at radius 1 is 1.00 bits per heavy atom. The van der Waals surface area contributed by atoms with Crippen molar-refractivity contribution >= 4 is 0 Å². The molecule has 0 bridgehead atoms. The Morgan fingerprint density at radius 2 is 1.77 bits per heavy atom. The summed E-state index contributed by atoms with van der Waals surface area (Å²) in [5.41, 5.74) is 2.21. The third-order valence-corrected chi connectivity index (χ3v) is 3.75. The fourth-order valence-electron chi connectivity index (χ4n) is 2.66. The van der Waals surface area contributed by atoms with E-state index in [0.29, 0.717) is 5.75 Å².